The maximum absolute atomic E-state index is 14.1. The third kappa shape index (κ3) is 5.33. The molecule has 2 aromatic carbocycles. The average Bonchev–Trinajstić information content (AvgIpc) is 3.13. The van der Waals surface area contributed by atoms with Crippen molar-refractivity contribution in [3.63, 3.8) is 0 Å². The number of nitrogens with zero attached hydrogens (tertiary/aromatic N) is 3. The molecule has 9 heteroatoms. The summed E-state index contributed by atoms with van der Waals surface area (Å²) >= 11 is 0. The van der Waals surface area contributed by atoms with Gasteiger partial charge in [-0.2, -0.15) is 10.4 Å². The van der Waals surface area contributed by atoms with Crippen LogP contribution in [0.5, 0.6) is 0 Å². The quantitative estimate of drug-likeness (QED) is 0.504. The molecule has 1 atom stereocenters. The maximum Gasteiger partial charge on any atom is 0.273 e. The molecule has 1 heterocycles. The monoisotopic (exact) mass is 477 g/mol. The van der Waals surface area contributed by atoms with E-state index in [9.17, 15) is 19.1 Å². The molecule has 182 valence electrons. The normalized spacial score (nSPS) is 18.4. The molecular formula is C26H28FN5O3. The van der Waals surface area contributed by atoms with Crippen LogP contribution in [-0.2, 0) is 11.3 Å². The van der Waals surface area contributed by atoms with Crippen molar-refractivity contribution in [1.82, 2.24) is 20.4 Å². The summed E-state index contributed by atoms with van der Waals surface area (Å²) < 4.78 is 15.6. The maximum atomic E-state index is 14.1. The number of rotatable bonds is 6. The second-order valence-electron chi connectivity index (χ2n) is 10.1. The summed E-state index contributed by atoms with van der Waals surface area (Å²) in [4.78, 5) is 26.3. The Morgan fingerprint density at radius 2 is 1.91 bits per heavy atom. The predicted octanol–water partition coefficient (Wildman–Crippen LogP) is 2.88. The Morgan fingerprint density at radius 3 is 2.51 bits per heavy atom. The molecule has 0 radical (unpaired) electrons. The topological polar surface area (TPSA) is 120 Å². The lowest BCUT2D eigenvalue weighted by molar-refractivity contribution is -0.127. The van der Waals surface area contributed by atoms with Gasteiger partial charge < -0.3 is 15.7 Å². The third-order valence-corrected chi connectivity index (χ3v) is 6.21. The van der Waals surface area contributed by atoms with E-state index < -0.39 is 29.3 Å². The molecule has 2 amide bonds. The van der Waals surface area contributed by atoms with Crippen molar-refractivity contribution >= 4 is 22.7 Å². The van der Waals surface area contributed by atoms with Gasteiger partial charge in [0.2, 0.25) is 5.91 Å². The van der Waals surface area contributed by atoms with Crippen molar-refractivity contribution in [2.75, 3.05) is 0 Å². The highest BCUT2D eigenvalue weighted by Crippen LogP contribution is 2.25. The van der Waals surface area contributed by atoms with E-state index in [-0.39, 0.29) is 24.2 Å². The van der Waals surface area contributed by atoms with Crippen LogP contribution in [0.2, 0.25) is 0 Å². The van der Waals surface area contributed by atoms with Crippen LogP contribution in [0.1, 0.15) is 55.2 Å². The summed E-state index contributed by atoms with van der Waals surface area (Å²) in [6.07, 6.45) is 0.578. The van der Waals surface area contributed by atoms with E-state index in [4.69, 9.17) is 5.26 Å². The molecule has 0 spiro atoms. The van der Waals surface area contributed by atoms with Crippen molar-refractivity contribution < 1.29 is 19.1 Å². The number of halogens is 1. The molecule has 3 aromatic rings. The van der Waals surface area contributed by atoms with Gasteiger partial charge in [0.25, 0.3) is 5.91 Å². The highest BCUT2D eigenvalue weighted by Gasteiger charge is 2.37. The summed E-state index contributed by atoms with van der Waals surface area (Å²) in [5.41, 5.74) is 1.30. The van der Waals surface area contributed by atoms with Gasteiger partial charge in [-0.25, -0.2) is 4.39 Å². The van der Waals surface area contributed by atoms with Crippen molar-refractivity contribution in [2.24, 2.45) is 5.41 Å². The first-order chi connectivity index (χ1) is 16.5. The number of amides is 2. The fourth-order valence-electron chi connectivity index (χ4n) is 4.16. The highest BCUT2D eigenvalue weighted by atomic mass is 19.1. The molecule has 35 heavy (non-hydrogen) atoms. The minimum atomic E-state index is -0.841. The van der Waals surface area contributed by atoms with Crippen LogP contribution < -0.4 is 10.6 Å². The number of hydrogen-bond donors (Lipinski definition) is 3. The molecule has 3 N–H and O–H groups in total. The lowest BCUT2D eigenvalue weighted by Crippen LogP contribution is -2.58. The minimum Gasteiger partial charge on any atom is -0.393 e. The van der Waals surface area contributed by atoms with E-state index in [1.807, 2.05) is 20.8 Å². The second kappa shape index (κ2) is 9.47. The van der Waals surface area contributed by atoms with Crippen LogP contribution in [0.3, 0.4) is 0 Å². The van der Waals surface area contributed by atoms with Gasteiger partial charge in [0.05, 0.1) is 29.8 Å². The number of nitriles is 1. The molecular weight excluding hydrogens is 449 g/mol. The second-order valence-corrected chi connectivity index (χ2v) is 10.1. The lowest BCUT2D eigenvalue weighted by Gasteiger charge is -2.36. The first kappa shape index (κ1) is 24.4. The summed E-state index contributed by atoms with van der Waals surface area (Å²) in [6, 6.07) is 12.1. The van der Waals surface area contributed by atoms with Gasteiger partial charge in [-0.15, -0.1) is 0 Å². The van der Waals surface area contributed by atoms with Gasteiger partial charge in [0, 0.05) is 11.4 Å². The van der Waals surface area contributed by atoms with Gasteiger partial charge in [0.15, 0.2) is 5.69 Å². The Morgan fingerprint density at radius 1 is 1.23 bits per heavy atom. The molecule has 4 rings (SSSR count). The van der Waals surface area contributed by atoms with Crippen LogP contribution in [0.15, 0.2) is 42.5 Å². The molecule has 8 nitrogen and oxygen atoms in total. The molecule has 1 aliphatic carbocycles. The van der Waals surface area contributed by atoms with Crippen LogP contribution in [0.4, 0.5) is 4.39 Å². The minimum absolute atomic E-state index is 0.0924. The van der Waals surface area contributed by atoms with Gasteiger partial charge in [-0.1, -0.05) is 32.9 Å². The molecule has 0 aliphatic heterocycles. The van der Waals surface area contributed by atoms with E-state index >= 15 is 0 Å². The van der Waals surface area contributed by atoms with Crippen LogP contribution in [0, 0.1) is 22.6 Å². The van der Waals surface area contributed by atoms with Crippen molar-refractivity contribution in [1.29, 1.82) is 5.26 Å². The zero-order valence-corrected chi connectivity index (χ0v) is 19.9. The van der Waals surface area contributed by atoms with Crippen molar-refractivity contribution in [2.45, 2.75) is 58.3 Å². The molecule has 1 aromatic heterocycles. The number of nitrogens with one attached hydrogen (secondary N) is 2. The molecule has 1 saturated carbocycles. The van der Waals surface area contributed by atoms with Crippen LogP contribution >= 0.6 is 0 Å². The Labute approximate surface area is 202 Å². The largest absolute Gasteiger partial charge is 0.393 e. The standard InChI is InChI=1S/C26H28FN5O3/c1-26(2,3)23(25(35)29-18-11-19(33)12-18)30-24(34)22-20-9-8-17(27)10-21(20)32(31-22)14-16-6-4-15(13-28)5-7-16/h4-10,18-19,23,33H,11-12,14H2,1-3H3,(H,29,35)(H,30,34)/t18?,19?,23-/m1/s1. The number of fused-ring (bicyclic) bond motifs is 1. The van der Waals surface area contributed by atoms with E-state index in [1.54, 1.807) is 24.3 Å². The number of aromatic nitrogens is 2. The Bertz CT molecular complexity index is 1300. The van der Waals surface area contributed by atoms with E-state index in [2.05, 4.69) is 21.8 Å². The van der Waals surface area contributed by atoms with E-state index in [0.717, 1.165) is 5.56 Å². The van der Waals surface area contributed by atoms with Crippen LogP contribution in [-0.4, -0.2) is 44.9 Å². The summed E-state index contributed by atoms with van der Waals surface area (Å²) in [6.45, 7) is 5.82. The van der Waals surface area contributed by atoms with Gasteiger partial charge >= 0.3 is 0 Å². The number of carbonyl (C=O) groups is 2. The van der Waals surface area contributed by atoms with Gasteiger partial charge in [-0.05, 0) is 54.2 Å². The molecule has 0 bridgehead atoms. The first-order valence-electron chi connectivity index (χ1n) is 11.5. The smallest absolute Gasteiger partial charge is 0.273 e. The number of aliphatic hydroxyl groups excluding tert-OH is 1. The van der Waals surface area contributed by atoms with Gasteiger partial charge in [-0.3, -0.25) is 14.3 Å². The fourth-order valence-corrected chi connectivity index (χ4v) is 4.16. The summed E-state index contributed by atoms with van der Waals surface area (Å²) in [5, 5.41) is 29.2. The third-order valence-electron chi connectivity index (χ3n) is 6.21. The van der Waals surface area contributed by atoms with Crippen molar-refractivity contribution in [3.8, 4) is 6.07 Å². The molecule has 1 fully saturated rings. The lowest BCUT2D eigenvalue weighted by atomic mass is 9.84. The fraction of sp³-hybridized carbons (Fsp3) is 0.385. The molecule has 0 unspecified atom stereocenters. The Hall–Kier alpha value is -3.77. The van der Waals surface area contributed by atoms with Gasteiger partial charge in [0.1, 0.15) is 11.9 Å². The highest BCUT2D eigenvalue weighted by molar-refractivity contribution is 6.06. The van der Waals surface area contributed by atoms with E-state index in [0.29, 0.717) is 29.3 Å². The number of aliphatic hydroxyl groups is 1. The van der Waals surface area contributed by atoms with Crippen molar-refractivity contribution in [3.05, 3.63) is 65.1 Å². The molecule has 1 aliphatic rings. The van der Waals surface area contributed by atoms with E-state index in [1.165, 1.54) is 22.9 Å². The first-order valence-corrected chi connectivity index (χ1v) is 11.5. The summed E-state index contributed by atoms with van der Waals surface area (Å²) in [7, 11) is 0. The Balaban J connectivity index is 1.61. The number of carbonyl (C=O) groups excluding carboxylic acids is 2. The zero-order valence-electron chi connectivity index (χ0n) is 19.9. The number of benzene rings is 2. The zero-order chi connectivity index (χ0) is 25.3. The van der Waals surface area contributed by atoms with Crippen LogP contribution in [0.25, 0.3) is 10.9 Å². The molecule has 0 saturated heterocycles. The number of hydrogen-bond acceptors (Lipinski definition) is 5. The average molecular weight is 478 g/mol. The SMILES string of the molecule is CC(C)(C)[C@H](NC(=O)c1nn(Cc2ccc(C#N)cc2)c2cc(F)ccc12)C(=O)NC1CC(O)C1. The Kier molecular flexibility index (Phi) is 6.59. The summed E-state index contributed by atoms with van der Waals surface area (Å²) in [5.74, 6) is -1.32. The predicted molar refractivity (Wildman–Crippen MR) is 128 cm³/mol.